The Morgan fingerprint density at radius 1 is 1.21 bits per heavy atom. The third kappa shape index (κ3) is 4.31. The van der Waals surface area contributed by atoms with E-state index in [0.717, 1.165) is 31.7 Å². The van der Waals surface area contributed by atoms with Crippen LogP contribution >= 0.6 is 0 Å². The maximum Gasteiger partial charge on any atom is 0.267 e. The molecule has 4 rings (SSSR count). The summed E-state index contributed by atoms with van der Waals surface area (Å²) in [6.45, 7) is 0. The van der Waals surface area contributed by atoms with Crippen LogP contribution in [0.15, 0.2) is 24.4 Å². The van der Waals surface area contributed by atoms with Gasteiger partial charge in [-0.15, -0.1) is 0 Å². The minimum Gasteiger partial charge on any atom is -0.365 e. The monoisotopic (exact) mass is 454 g/mol. The highest BCUT2D eigenvalue weighted by Gasteiger charge is 2.25. The Kier molecular flexibility index (Phi) is 6.14. The van der Waals surface area contributed by atoms with Crippen LogP contribution < -0.4 is 27.4 Å². The second-order valence-corrected chi connectivity index (χ2v) is 8.17. The van der Waals surface area contributed by atoms with Crippen molar-refractivity contribution in [1.82, 2.24) is 19.9 Å². The van der Waals surface area contributed by atoms with Crippen LogP contribution in [0.2, 0.25) is 0 Å². The summed E-state index contributed by atoms with van der Waals surface area (Å²) in [5.41, 5.74) is 13.1. The molecule has 0 aromatic carbocycles. The van der Waals surface area contributed by atoms with Gasteiger partial charge in [-0.05, 0) is 31.0 Å². The van der Waals surface area contributed by atoms with Crippen LogP contribution in [0.3, 0.4) is 0 Å². The molecule has 0 aliphatic heterocycles. The number of amides is 2. The first kappa shape index (κ1) is 22.5. The molecule has 0 saturated heterocycles. The van der Waals surface area contributed by atoms with Crippen LogP contribution in [0.5, 0.6) is 0 Å². The van der Waals surface area contributed by atoms with Gasteiger partial charge in [0.05, 0.1) is 11.3 Å². The number of primary amides is 1. The standard InChI is InChI=1S/C22H27FN8O2/c1-26-22(33)17-10-11-15(7-8-27-21(11)31(17)2)28-19-12(18(25)32)9-13(23)20(30-19)29-16-6-4-3-5-14(16)24/h7-10,14,16H,3-6,24H2,1-2H3,(H2,25,32)(H,26,33)(H2,27,28,29,30)/t14-,16+/m0/s1. The lowest BCUT2D eigenvalue weighted by Gasteiger charge is -2.30. The predicted octanol–water partition coefficient (Wildman–Crippen LogP) is 1.99. The summed E-state index contributed by atoms with van der Waals surface area (Å²) in [6, 6.07) is 4.19. The van der Waals surface area contributed by atoms with Crippen molar-refractivity contribution in [2.24, 2.45) is 18.5 Å². The molecule has 7 N–H and O–H groups in total. The van der Waals surface area contributed by atoms with Gasteiger partial charge in [-0.2, -0.15) is 0 Å². The topological polar surface area (TPSA) is 153 Å². The maximum absolute atomic E-state index is 14.8. The normalized spacial score (nSPS) is 18.2. The van der Waals surface area contributed by atoms with E-state index in [0.29, 0.717) is 22.4 Å². The molecule has 1 aliphatic rings. The predicted molar refractivity (Wildman–Crippen MR) is 124 cm³/mol. The molecule has 174 valence electrons. The third-order valence-electron chi connectivity index (χ3n) is 6.02. The Labute approximate surface area is 189 Å². The molecular formula is C22H27FN8O2. The fraction of sp³-hybridized carbons (Fsp3) is 0.364. The first-order valence-electron chi connectivity index (χ1n) is 10.8. The lowest BCUT2D eigenvalue weighted by Crippen LogP contribution is -2.43. The second-order valence-electron chi connectivity index (χ2n) is 8.17. The van der Waals surface area contributed by atoms with Crippen LogP contribution in [0, 0.1) is 5.82 Å². The molecule has 10 nitrogen and oxygen atoms in total. The Hall–Kier alpha value is -3.73. The van der Waals surface area contributed by atoms with Gasteiger partial charge >= 0.3 is 0 Å². The Balaban J connectivity index is 1.74. The summed E-state index contributed by atoms with van der Waals surface area (Å²) >= 11 is 0. The quantitative estimate of drug-likeness (QED) is 0.382. The molecule has 0 radical (unpaired) electrons. The molecule has 1 aliphatic carbocycles. The van der Waals surface area contributed by atoms with Crippen molar-refractivity contribution in [1.29, 1.82) is 0 Å². The van der Waals surface area contributed by atoms with E-state index in [2.05, 4.69) is 25.9 Å². The Morgan fingerprint density at radius 2 is 1.97 bits per heavy atom. The zero-order valence-electron chi connectivity index (χ0n) is 18.5. The fourth-order valence-corrected chi connectivity index (χ4v) is 4.19. The first-order chi connectivity index (χ1) is 15.8. The van der Waals surface area contributed by atoms with E-state index in [9.17, 15) is 14.0 Å². The van der Waals surface area contributed by atoms with Crippen molar-refractivity contribution < 1.29 is 14.0 Å². The number of hydrogen-bond acceptors (Lipinski definition) is 7. The third-order valence-corrected chi connectivity index (χ3v) is 6.02. The lowest BCUT2D eigenvalue weighted by molar-refractivity contribution is 0.0954. The number of halogens is 1. The summed E-state index contributed by atoms with van der Waals surface area (Å²) in [6.07, 6.45) is 5.25. The van der Waals surface area contributed by atoms with E-state index in [1.54, 1.807) is 37.0 Å². The summed E-state index contributed by atoms with van der Waals surface area (Å²) in [7, 11) is 3.27. The zero-order chi connectivity index (χ0) is 23.7. The van der Waals surface area contributed by atoms with E-state index in [1.165, 1.54) is 0 Å². The molecule has 0 unspecified atom stereocenters. The lowest BCUT2D eigenvalue weighted by atomic mass is 9.91. The Morgan fingerprint density at radius 3 is 2.67 bits per heavy atom. The van der Waals surface area contributed by atoms with Gasteiger partial charge in [0.15, 0.2) is 11.6 Å². The summed E-state index contributed by atoms with van der Waals surface area (Å²) < 4.78 is 16.4. The molecule has 2 amide bonds. The number of fused-ring (bicyclic) bond motifs is 1. The fourth-order valence-electron chi connectivity index (χ4n) is 4.19. The molecule has 3 aromatic rings. The smallest absolute Gasteiger partial charge is 0.267 e. The van der Waals surface area contributed by atoms with Crippen molar-refractivity contribution in [2.75, 3.05) is 17.7 Å². The molecule has 0 bridgehead atoms. The molecule has 1 saturated carbocycles. The van der Waals surface area contributed by atoms with E-state index in [-0.39, 0.29) is 35.2 Å². The van der Waals surface area contributed by atoms with Gasteiger partial charge in [0.25, 0.3) is 11.8 Å². The van der Waals surface area contributed by atoms with Crippen molar-refractivity contribution in [3.63, 3.8) is 0 Å². The molecule has 33 heavy (non-hydrogen) atoms. The molecule has 3 heterocycles. The van der Waals surface area contributed by atoms with Gasteiger partial charge in [-0.1, -0.05) is 12.8 Å². The van der Waals surface area contributed by atoms with E-state index < -0.39 is 11.7 Å². The van der Waals surface area contributed by atoms with Gasteiger partial charge in [-0.3, -0.25) is 9.59 Å². The number of carbonyl (C=O) groups is 2. The van der Waals surface area contributed by atoms with Crippen molar-refractivity contribution in [3.8, 4) is 0 Å². The van der Waals surface area contributed by atoms with Gasteiger partial charge in [-0.25, -0.2) is 14.4 Å². The summed E-state index contributed by atoms with van der Waals surface area (Å²) in [4.78, 5) is 32.9. The van der Waals surface area contributed by atoms with E-state index in [1.807, 2.05) is 0 Å². The maximum atomic E-state index is 14.8. The van der Waals surface area contributed by atoms with Crippen LogP contribution in [0.25, 0.3) is 11.0 Å². The number of nitrogens with one attached hydrogen (secondary N) is 3. The Bertz CT molecular complexity index is 1220. The van der Waals surface area contributed by atoms with Crippen LogP contribution in [-0.4, -0.2) is 45.5 Å². The summed E-state index contributed by atoms with van der Waals surface area (Å²) in [5.74, 6) is -1.69. The number of carbonyl (C=O) groups excluding carboxylic acids is 2. The van der Waals surface area contributed by atoms with Crippen LogP contribution in [0.4, 0.5) is 21.7 Å². The molecule has 3 aromatic heterocycles. The molecular weight excluding hydrogens is 427 g/mol. The zero-order valence-corrected chi connectivity index (χ0v) is 18.5. The average molecular weight is 455 g/mol. The molecule has 11 heteroatoms. The van der Waals surface area contributed by atoms with Crippen molar-refractivity contribution >= 4 is 40.2 Å². The van der Waals surface area contributed by atoms with E-state index in [4.69, 9.17) is 11.5 Å². The van der Waals surface area contributed by atoms with Gasteiger partial charge in [0.2, 0.25) is 0 Å². The number of hydrogen-bond donors (Lipinski definition) is 5. The van der Waals surface area contributed by atoms with Gasteiger partial charge in [0, 0.05) is 37.8 Å². The number of rotatable bonds is 6. The molecule has 0 spiro atoms. The van der Waals surface area contributed by atoms with Crippen LogP contribution in [-0.2, 0) is 7.05 Å². The molecule has 1 fully saturated rings. The van der Waals surface area contributed by atoms with Crippen molar-refractivity contribution in [3.05, 3.63) is 41.5 Å². The number of nitrogens with two attached hydrogens (primary N) is 2. The number of aromatic nitrogens is 3. The minimum absolute atomic E-state index is 0.00531. The van der Waals surface area contributed by atoms with E-state index >= 15 is 0 Å². The number of anilines is 3. The highest BCUT2D eigenvalue weighted by molar-refractivity contribution is 6.03. The number of aryl methyl sites for hydroxylation is 1. The SMILES string of the molecule is CNC(=O)c1cc2c(Nc3nc(N[C@@H]4CCCC[C@@H]4N)c(F)cc3C(N)=O)ccnc2n1C. The average Bonchev–Trinajstić information content (AvgIpc) is 3.14. The van der Waals surface area contributed by atoms with Crippen LogP contribution in [0.1, 0.15) is 46.5 Å². The molecule has 2 atom stereocenters. The summed E-state index contributed by atoms with van der Waals surface area (Å²) in [5, 5.41) is 9.39. The second kappa shape index (κ2) is 9.02. The van der Waals surface area contributed by atoms with Crippen molar-refractivity contribution in [2.45, 2.75) is 37.8 Å². The number of nitrogens with zero attached hydrogens (tertiary/aromatic N) is 3. The van der Waals surface area contributed by atoms with Gasteiger partial charge in [0.1, 0.15) is 17.2 Å². The largest absolute Gasteiger partial charge is 0.365 e. The number of pyridine rings is 2. The highest BCUT2D eigenvalue weighted by atomic mass is 19.1. The van der Waals surface area contributed by atoms with Gasteiger partial charge < -0.3 is 32.0 Å². The highest BCUT2D eigenvalue weighted by Crippen LogP contribution is 2.30. The minimum atomic E-state index is -0.825. The first-order valence-corrected chi connectivity index (χ1v) is 10.8.